The zero-order chi connectivity index (χ0) is 11.5. The number of nitrogens with zero attached hydrogens (tertiary/aromatic N) is 1. The SMILES string of the molecule is O=C(CN1CC(CO)C1)NCC(F)(F)F. The van der Waals surface area contributed by atoms with Crippen molar-refractivity contribution in [2.45, 2.75) is 6.18 Å². The number of carbonyl (C=O) groups is 1. The Morgan fingerprint density at radius 2 is 2.07 bits per heavy atom. The van der Waals surface area contributed by atoms with Crippen LogP contribution in [0.2, 0.25) is 0 Å². The Morgan fingerprint density at radius 1 is 1.47 bits per heavy atom. The maximum absolute atomic E-state index is 11.7. The minimum atomic E-state index is -4.36. The first-order valence-corrected chi connectivity index (χ1v) is 4.57. The van der Waals surface area contributed by atoms with E-state index in [1.54, 1.807) is 10.2 Å². The quantitative estimate of drug-likeness (QED) is 0.685. The number of alkyl halides is 3. The van der Waals surface area contributed by atoms with Crippen LogP contribution in [0, 0.1) is 5.92 Å². The number of rotatable bonds is 4. The Bertz CT molecular complexity index is 226. The van der Waals surface area contributed by atoms with Crippen LogP contribution in [0.4, 0.5) is 13.2 Å². The lowest BCUT2D eigenvalue weighted by molar-refractivity contribution is -0.140. The number of aliphatic hydroxyl groups is 1. The molecule has 7 heteroatoms. The number of aliphatic hydroxyl groups excluding tert-OH is 1. The molecule has 1 heterocycles. The Balaban J connectivity index is 2.10. The topological polar surface area (TPSA) is 52.6 Å². The number of halogens is 3. The molecule has 1 saturated heterocycles. The Kier molecular flexibility index (Phi) is 3.92. The van der Waals surface area contributed by atoms with E-state index in [0.29, 0.717) is 13.1 Å². The van der Waals surface area contributed by atoms with Gasteiger partial charge in [-0.15, -0.1) is 0 Å². The molecule has 4 nitrogen and oxygen atoms in total. The van der Waals surface area contributed by atoms with Crippen LogP contribution in [-0.4, -0.2) is 54.9 Å². The third-order valence-electron chi connectivity index (χ3n) is 2.14. The molecule has 1 amide bonds. The van der Waals surface area contributed by atoms with Gasteiger partial charge in [0, 0.05) is 25.6 Å². The molecule has 1 aliphatic rings. The van der Waals surface area contributed by atoms with Crippen LogP contribution >= 0.6 is 0 Å². The summed E-state index contributed by atoms with van der Waals surface area (Å²) in [6, 6.07) is 0. The van der Waals surface area contributed by atoms with Gasteiger partial charge in [-0.2, -0.15) is 13.2 Å². The van der Waals surface area contributed by atoms with Gasteiger partial charge in [0.1, 0.15) is 6.54 Å². The molecule has 1 rings (SSSR count). The molecule has 0 aromatic carbocycles. The number of amides is 1. The molecule has 0 aromatic rings. The van der Waals surface area contributed by atoms with E-state index in [1.165, 1.54) is 0 Å². The summed E-state index contributed by atoms with van der Waals surface area (Å²) >= 11 is 0. The van der Waals surface area contributed by atoms with Gasteiger partial charge in [-0.3, -0.25) is 9.69 Å². The number of nitrogens with one attached hydrogen (secondary N) is 1. The summed E-state index contributed by atoms with van der Waals surface area (Å²) in [7, 11) is 0. The van der Waals surface area contributed by atoms with Crippen molar-refractivity contribution in [2.75, 3.05) is 32.8 Å². The molecule has 0 aromatic heterocycles. The van der Waals surface area contributed by atoms with Crippen molar-refractivity contribution in [2.24, 2.45) is 5.92 Å². The largest absolute Gasteiger partial charge is 0.405 e. The average Bonchev–Trinajstić information content (AvgIpc) is 2.06. The normalized spacial score (nSPS) is 18.7. The molecule has 0 unspecified atom stereocenters. The predicted molar refractivity (Wildman–Crippen MR) is 46.1 cm³/mol. The van der Waals surface area contributed by atoms with Crippen molar-refractivity contribution in [3.05, 3.63) is 0 Å². The molecule has 0 aliphatic carbocycles. The second kappa shape index (κ2) is 4.80. The summed E-state index contributed by atoms with van der Waals surface area (Å²) < 4.78 is 35.1. The van der Waals surface area contributed by atoms with Crippen LogP contribution in [0.1, 0.15) is 0 Å². The summed E-state index contributed by atoms with van der Waals surface area (Å²) in [6.07, 6.45) is -4.36. The fourth-order valence-corrected chi connectivity index (χ4v) is 1.38. The van der Waals surface area contributed by atoms with Crippen LogP contribution in [-0.2, 0) is 4.79 Å². The smallest absolute Gasteiger partial charge is 0.396 e. The molecule has 0 bridgehead atoms. The Hall–Kier alpha value is -0.820. The van der Waals surface area contributed by atoms with Crippen molar-refractivity contribution < 1.29 is 23.1 Å². The fraction of sp³-hybridized carbons (Fsp3) is 0.875. The molecule has 1 aliphatic heterocycles. The standard InChI is InChI=1S/C8H13F3N2O2/c9-8(10,11)5-12-7(15)3-13-1-6(2-13)4-14/h6,14H,1-5H2,(H,12,15). The van der Waals surface area contributed by atoms with Gasteiger partial charge < -0.3 is 10.4 Å². The highest BCUT2D eigenvalue weighted by molar-refractivity contribution is 5.78. The molecule has 0 saturated carbocycles. The van der Waals surface area contributed by atoms with Crippen molar-refractivity contribution >= 4 is 5.91 Å². The summed E-state index contributed by atoms with van der Waals surface area (Å²) in [5, 5.41) is 10.5. The lowest BCUT2D eigenvalue weighted by atomic mass is 10.0. The highest BCUT2D eigenvalue weighted by Gasteiger charge is 2.30. The summed E-state index contributed by atoms with van der Waals surface area (Å²) in [4.78, 5) is 12.7. The fourth-order valence-electron chi connectivity index (χ4n) is 1.38. The van der Waals surface area contributed by atoms with Gasteiger partial charge in [0.25, 0.3) is 0 Å². The molecule has 0 radical (unpaired) electrons. The summed E-state index contributed by atoms with van der Waals surface area (Å²) in [5.74, 6) is -0.482. The molecular weight excluding hydrogens is 213 g/mol. The van der Waals surface area contributed by atoms with Gasteiger partial charge in [0.05, 0.1) is 6.54 Å². The van der Waals surface area contributed by atoms with Crippen LogP contribution in [0.5, 0.6) is 0 Å². The monoisotopic (exact) mass is 226 g/mol. The highest BCUT2D eigenvalue weighted by Crippen LogP contribution is 2.14. The lowest BCUT2D eigenvalue weighted by Crippen LogP contribution is -2.52. The minimum Gasteiger partial charge on any atom is -0.396 e. The molecule has 1 fully saturated rings. The van der Waals surface area contributed by atoms with Gasteiger partial charge in [-0.1, -0.05) is 0 Å². The average molecular weight is 226 g/mol. The summed E-state index contributed by atoms with van der Waals surface area (Å²) in [5.41, 5.74) is 0. The van der Waals surface area contributed by atoms with E-state index in [0.717, 1.165) is 0 Å². The number of likely N-dealkylation sites (tertiary alicyclic amines) is 1. The van der Waals surface area contributed by atoms with Gasteiger partial charge >= 0.3 is 6.18 Å². The molecule has 15 heavy (non-hydrogen) atoms. The van der Waals surface area contributed by atoms with Crippen molar-refractivity contribution in [1.82, 2.24) is 10.2 Å². The van der Waals surface area contributed by atoms with Crippen LogP contribution in [0.3, 0.4) is 0 Å². The number of hydrogen-bond acceptors (Lipinski definition) is 3. The number of carbonyl (C=O) groups excluding carboxylic acids is 1. The third kappa shape index (κ3) is 4.48. The molecule has 0 spiro atoms. The highest BCUT2D eigenvalue weighted by atomic mass is 19.4. The zero-order valence-electron chi connectivity index (χ0n) is 8.05. The van der Waals surface area contributed by atoms with Crippen molar-refractivity contribution in [1.29, 1.82) is 0 Å². The summed E-state index contributed by atoms with van der Waals surface area (Å²) in [6.45, 7) is -0.137. The van der Waals surface area contributed by atoms with E-state index in [4.69, 9.17) is 5.11 Å². The van der Waals surface area contributed by atoms with Crippen molar-refractivity contribution in [3.8, 4) is 0 Å². The van der Waals surface area contributed by atoms with E-state index >= 15 is 0 Å². The predicted octanol–water partition coefficient (Wildman–Crippen LogP) is -0.411. The van der Waals surface area contributed by atoms with Crippen LogP contribution in [0.15, 0.2) is 0 Å². The van der Waals surface area contributed by atoms with Crippen molar-refractivity contribution in [3.63, 3.8) is 0 Å². The van der Waals surface area contributed by atoms with Gasteiger partial charge in [-0.05, 0) is 0 Å². The molecule has 88 valence electrons. The van der Waals surface area contributed by atoms with E-state index in [9.17, 15) is 18.0 Å². The Labute approximate surface area is 85.1 Å². The first-order valence-electron chi connectivity index (χ1n) is 4.57. The third-order valence-corrected chi connectivity index (χ3v) is 2.14. The maximum atomic E-state index is 11.7. The van der Waals surface area contributed by atoms with Crippen LogP contribution in [0.25, 0.3) is 0 Å². The number of hydrogen-bond donors (Lipinski definition) is 2. The molecule has 2 N–H and O–H groups in total. The van der Waals surface area contributed by atoms with E-state index in [2.05, 4.69) is 0 Å². The second-order valence-corrected chi connectivity index (χ2v) is 3.63. The van der Waals surface area contributed by atoms with Gasteiger partial charge in [0.2, 0.25) is 5.91 Å². The minimum absolute atomic E-state index is 0.0351. The Morgan fingerprint density at radius 3 is 2.53 bits per heavy atom. The second-order valence-electron chi connectivity index (χ2n) is 3.63. The van der Waals surface area contributed by atoms with E-state index in [-0.39, 0.29) is 19.1 Å². The van der Waals surface area contributed by atoms with E-state index < -0.39 is 18.6 Å². The van der Waals surface area contributed by atoms with Gasteiger partial charge in [0.15, 0.2) is 0 Å². The van der Waals surface area contributed by atoms with Crippen LogP contribution < -0.4 is 5.32 Å². The molecular formula is C8H13F3N2O2. The first-order chi connectivity index (χ1) is 6.90. The van der Waals surface area contributed by atoms with E-state index in [1.807, 2.05) is 0 Å². The van der Waals surface area contributed by atoms with Gasteiger partial charge in [-0.25, -0.2) is 0 Å². The lowest BCUT2D eigenvalue weighted by Gasteiger charge is -2.37. The first kappa shape index (κ1) is 12.3. The maximum Gasteiger partial charge on any atom is 0.405 e. The molecule has 0 atom stereocenters. The zero-order valence-corrected chi connectivity index (χ0v) is 8.05.